The fourth-order valence-electron chi connectivity index (χ4n) is 2.54. The maximum absolute atomic E-state index is 12.5. The lowest BCUT2D eigenvalue weighted by molar-refractivity contribution is -0.119. The minimum atomic E-state index is -0.281. The Morgan fingerprint density at radius 1 is 1.42 bits per heavy atom. The highest BCUT2D eigenvalue weighted by Gasteiger charge is 2.26. The van der Waals surface area contributed by atoms with E-state index < -0.39 is 0 Å². The van der Waals surface area contributed by atoms with E-state index in [0.29, 0.717) is 13.1 Å². The smallest absolute Gasteiger partial charge is 0.241 e. The van der Waals surface area contributed by atoms with Crippen LogP contribution in [0.2, 0.25) is 0 Å². The number of aliphatic hydroxyl groups excluding tert-OH is 1. The molecule has 0 spiro atoms. The van der Waals surface area contributed by atoms with Gasteiger partial charge >= 0.3 is 0 Å². The molecule has 4 heteroatoms. The summed E-state index contributed by atoms with van der Waals surface area (Å²) >= 11 is 0. The van der Waals surface area contributed by atoms with Gasteiger partial charge in [0, 0.05) is 24.8 Å². The van der Waals surface area contributed by atoms with Crippen LogP contribution in [-0.2, 0) is 4.79 Å². The number of carbonyl (C=O) groups excluding carboxylic acids is 1. The monoisotopic (exact) mass is 262 g/mol. The predicted octanol–water partition coefficient (Wildman–Crippen LogP) is 1.49. The minimum Gasteiger partial charge on any atom is -0.392 e. The zero-order valence-corrected chi connectivity index (χ0v) is 11.6. The molecular weight excluding hydrogens is 240 g/mol. The molecular formula is C15H22N2O2. The van der Waals surface area contributed by atoms with Gasteiger partial charge in [0.05, 0.1) is 12.6 Å². The Bertz CT molecular complexity index is 419. The fraction of sp³-hybridized carbons (Fsp3) is 0.533. The van der Waals surface area contributed by atoms with E-state index >= 15 is 0 Å². The SMILES string of the molecule is CC(C)N(C(=O)CN1CC[C@@H](O)C1)c1ccccc1. The Kier molecular flexibility index (Phi) is 4.56. The van der Waals surface area contributed by atoms with Crippen molar-refractivity contribution in [1.82, 2.24) is 4.90 Å². The summed E-state index contributed by atoms with van der Waals surface area (Å²) in [6.07, 6.45) is 0.484. The lowest BCUT2D eigenvalue weighted by atomic mass is 10.2. The molecule has 1 amide bonds. The average Bonchev–Trinajstić information content (AvgIpc) is 2.75. The van der Waals surface area contributed by atoms with Crippen molar-refractivity contribution >= 4 is 11.6 Å². The highest BCUT2D eigenvalue weighted by Crippen LogP contribution is 2.18. The summed E-state index contributed by atoms with van der Waals surface area (Å²) in [4.78, 5) is 16.3. The topological polar surface area (TPSA) is 43.8 Å². The van der Waals surface area contributed by atoms with Crippen molar-refractivity contribution in [3.05, 3.63) is 30.3 Å². The molecule has 4 nitrogen and oxygen atoms in total. The van der Waals surface area contributed by atoms with Crippen LogP contribution < -0.4 is 4.90 Å². The van der Waals surface area contributed by atoms with E-state index in [4.69, 9.17) is 0 Å². The number of nitrogens with zero attached hydrogens (tertiary/aromatic N) is 2. The predicted molar refractivity (Wildman–Crippen MR) is 76.1 cm³/mol. The summed E-state index contributed by atoms with van der Waals surface area (Å²) in [5.41, 5.74) is 0.933. The van der Waals surface area contributed by atoms with Crippen LogP contribution in [0.4, 0.5) is 5.69 Å². The van der Waals surface area contributed by atoms with Gasteiger partial charge in [-0.15, -0.1) is 0 Å². The summed E-state index contributed by atoms with van der Waals surface area (Å²) in [5, 5.41) is 9.51. The number of likely N-dealkylation sites (tertiary alicyclic amines) is 1. The van der Waals surface area contributed by atoms with Crippen LogP contribution in [0.1, 0.15) is 20.3 Å². The third-order valence-electron chi connectivity index (χ3n) is 3.43. The average molecular weight is 262 g/mol. The highest BCUT2D eigenvalue weighted by molar-refractivity contribution is 5.95. The number of aliphatic hydroxyl groups is 1. The molecule has 1 aromatic rings. The summed E-state index contributed by atoms with van der Waals surface area (Å²) in [6.45, 7) is 5.82. The zero-order chi connectivity index (χ0) is 13.8. The number of para-hydroxylation sites is 1. The Hall–Kier alpha value is -1.39. The van der Waals surface area contributed by atoms with Gasteiger partial charge in [-0.3, -0.25) is 9.69 Å². The molecule has 1 heterocycles. The van der Waals surface area contributed by atoms with Crippen molar-refractivity contribution in [2.45, 2.75) is 32.4 Å². The van der Waals surface area contributed by atoms with Gasteiger partial charge in [-0.2, -0.15) is 0 Å². The quantitative estimate of drug-likeness (QED) is 0.894. The van der Waals surface area contributed by atoms with Crippen LogP contribution in [0.25, 0.3) is 0 Å². The van der Waals surface area contributed by atoms with Crippen molar-refractivity contribution < 1.29 is 9.90 Å². The van der Waals surface area contributed by atoms with Gasteiger partial charge in [0.15, 0.2) is 0 Å². The van der Waals surface area contributed by atoms with Gasteiger partial charge < -0.3 is 10.0 Å². The van der Waals surface area contributed by atoms with Crippen molar-refractivity contribution in [1.29, 1.82) is 0 Å². The first-order valence-corrected chi connectivity index (χ1v) is 6.85. The molecule has 1 aliphatic heterocycles. The normalized spacial score (nSPS) is 19.9. The van der Waals surface area contributed by atoms with Gasteiger partial charge in [-0.1, -0.05) is 18.2 Å². The van der Waals surface area contributed by atoms with Crippen molar-refractivity contribution in [2.75, 3.05) is 24.5 Å². The third kappa shape index (κ3) is 3.55. The van der Waals surface area contributed by atoms with Gasteiger partial charge in [-0.25, -0.2) is 0 Å². The zero-order valence-electron chi connectivity index (χ0n) is 11.6. The van der Waals surface area contributed by atoms with Crippen molar-refractivity contribution in [3.63, 3.8) is 0 Å². The second-order valence-electron chi connectivity index (χ2n) is 5.37. The number of hydrogen-bond donors (Lipinski definition) is 1. The molecule has 2 rings (SSSR count). The number of amides is 1. The molecule has 0 unspecified atom stereocenters. The van der Waals surface area contributed by atoms with Gasteiger partial charge in [0.25, 0.3) is 0 Å². The fourth-order valence-corrected chi connectivity index (χ4v) is 2.54. The molecule has 1 saturated heterocycles. The Morgan fingerprint density at radius 2 is 2.11 bits per heavy atom. The second-order valence-corrected chi connectivity index (χ2v) is 5.37. The summed E-state index contributed by atoms with van der Waals surface area (Å²) in [6, 6.07) is 9.87. The molecule has 0 aromatic heterocycles. The van der Waals surface area contributed by atoms with Gasteiger partial charge in [0.2, 0.25) is 5.91 Å². The first-order chi connectivity index (χ1) is 9.08. The Morgan fingerprint density at radius 3 is 2.63 bits per heavy atom. The molecule has 0 aliphatic carbocycles. The summed E-state index contributed by atoms with van der Waals surface area (Å²) in [5.74, 6) is 0.0929. The van der Waals surface area contributed by atoms with Crippen LogP contribution in [0.3, 0.4) is 0 Å². The molecule has 1 aliphatic rings. The van der Waals surface area contributed by atoms with Gasteiger partial charge in [-0.05, 0) is 32.4 Å². The third-order valence-corrected chi connectivity index (χ3v) is 3.43. The van der Waals surface area contributed by atoms with Crippen LogP contribution in [0.5, 0.6) is 0 Å². The number of anilines is 1. The number of β-amino-alcohol motifs (C(OH)–C–C–N with tert-alkyl or cyclic N) is 1. The van der Waals surface area contributed by atoms with E-state index in [1.807, 2.05) is 54.0 Å². The van der Waals surface area contributed by atoms with E-state index in [9.17, 15) is 9.90 Å². The number of rotatable bonds is 4. The van der Waals surface area contributed by atoms with E-state index in [1.165, 1.54) is 0 Å². The number of benzene rings is 1. The number of hydrogen-bond acceptors (Lipinski definition) is 3. The molecule has 19 heavy (non-hydrogen) atoms. The molecule has 1 fully saturated rings. The number of carbonyl (C=O) groups is 1. The van der Waals surface area contributed by atoms with Crippen LogP contribution >= 0.6 is 0 Å². The first-order valence-electron chi connectivity index (χ1n) is 6.85. The maximum atomic E-state index is 12.5. The first kappa shape index (κ1) is 14.0. The molecule has 0 radical (unpaired) electrons. The van der Waals surface area contributed by atoms with Gasteiger partial charge in [0.1, 0.15) is 0 Å². The van der Waals surface area contributed by atoms with Crippen LogP contribution in [-0.4, -0.2) is 47.7 Å². The Balaban J connectivity index is 2.05. The van der Waals surface area contributed by atoms with Crippen molar-refractivity contribution in [2.24, 2.45) is 0 Å². The van der Waals surface area contributed by atoms with E-state index in [-0.39, 0.29) is 18.1 Å². The largest absolute Gasteiger partial charge is 0.392 e. The molecule has 104 valence electrons. The Labute approximate surface area is 114 Å². The van der Waals surface area contributed by atoms with E-state index in [1.54, 1.807) is 0 Å². The molecule has 1 aromatic carbocycles. The lowest BCUT2D eigenvalue weighted by Crippen LogP contribution is -2.43. The maximum Gasteiger partial charge on any atom is 0.241 e. The molecule has 1 N–H and O–H groups in total. The van der Waals surface area contributed by atoms with Crippen LogP contribution in [0.15, 0.2) is 30.3 Å². The van der Waals surface area contributed by atoms with Crippen LogP contribution in [0, 0.1) is 0 Å². The summed E-state index contributed by atoms with van der Waals surface area (Å²) in [7, 11) is 0. The molecule has 0 saturated carbocycles. The second kappa shape index (κ2) is 6.17. The molecule has 0 bridgehead atoms. The van der Waals surface area contributed by atoms with E-state index in [2.05, 4.69) is 0 Å². The lowest BCUT2D eigenvalue weighted by Gasteiger charge is -2.28. The highest BCUT2D eigenvalue weighted by atomic mass is 16.3. The van der Waals surface area contributed by atoms with Crippen molar-refractivity contribution in [3.8, 4) is 0 Å². The molecule has 1 atom stereocenters. The minimum absolute atomic E-state index is 0.0929. The standard InChI is InChI=1S/C15H22N2O2/c1-12(2)17(13-6-4-3-5-7-13)15(19)11-16-9-8-14(18)10-16/h3-7,12,14,18H,8-11H2,1-2H3/t14-/m1/s1. The summed E-state index contributed by atoms with van der Waals surface area (Å²) < 4.78 is 0. The van der Waals surface area contributed by atoms with E-state index in [0.717, 1.165) is 18.7 Å².